The van der Waals surface area contributed by atoms with Crippen LogP contribution in [0.5, 0.6) is 0 Å². The summed E-state index contributed by atoms with van der Waals surface area (Å²) in [6, 6.07) is 12.8. The van der Waals surface area contributed by atoms with Gasteiger partial charge in [-0.1, -0.05) is 30.3 Å². The van der Waals surface area contributed by atoms with E-state index in [2.05, 4.69) is 11.9 Å². The van der Waals surface area contributed by atoms with Gasteiger partial charge in [0.05, 0.1) is 6.04 Å². The number of amides is 3. The average Bonchev–Trinajstić information content (AvgIpc) is 2.72. The first-order valence-electron chi connectivity index (χ1n) is 9.65. The Morgan fingerprint density at radius 3 is 2.53 bits per heavy atom. The van der Waals surface area contributed by atoms with Crippen molar-refractivity contribution in [1.82, 2.24) is 9.80 Å². The molecular formula is C23H24ClN3O3. The Hall–Kier alpha value is -3.12. The smallest absolute Gasteiger partial charge is 0.246 e. The zero-order valence-electron chi connectivity index (χ0n) is 17.0. The number of anilines is 1. The molecule has 0 saturated carbocycles. The molecule has 3 amide bonds. The van der Waals surface area contributed by atoms with E-state index < -0.39 is 0 Å². The number of nitrogens with one attached hydrogen (secondary N) is 1. The lowest BCUT2D eigenvalue weighted by Crippen LogP contribution is -2.51. The van der Waals surface area contributed by atoms with Crippen molar-refractivity contribution in [3.05, 3.63) is 65.7 Å². The van der Waals surface area contributed by atoms with Gasteiger partial charge in [-0.05, 0) is 53.1 Å². The van der Waals surface area contributed by atoms with Crippen LogP contribution in [0.2, 0.25) is 5.02 Å². The molecule has 0 radical (unpaired) electrons. The number of carbonyl (C=O) groups excluding carboxylic acids is 3. The van der Waals surface area contributed by atoms with Gasteiger partial charge in [0.2, 0.25) is 17.7 Å². The molecule has 0 spiro atoms. The molecule has 0 unspecified atom stereocenters. The Bertz CT molecular complexity index is 1000. The lowest BCUT2D eigenvalue weighted by atomic mass is 9.96. The third-order valence-corrected chi connectivity index (χ3v) is 5.31. The Labute approximate surface area is 181 Å². The molecule has 1 aliphatic rings. The van der Waals surface area contributed by atoms with E-state index in [0.717, 1.165) is 16.7 Å². The third-order valence-electron chi connectivity index (χ3n) is 5.09. The Balaban J connectivity index is 2.00. The highest BCUT2D eigenvalue weighted by atomic mass is 35.5. The number of carbonyl (C=O) groups is 3. The van der Waals surface area contributed by atoms with Gasteiger partial charge in [-0.2, -0.15) is 0 Å². The summed E-state index contributed by atoms with van der Waals surface area (Å²) in [5.74, 6) is -0.362. The van der Waals surface area contributed by atoms with E-state index in [0.29, 0.717) is 30.3 Å². The number of hydrogen-bond donors (Lipinski definition) is 1. The second-order valence-corrected chi connectivity index (χ2v) is 7.69. The quantitative estimate of drug-likeness (QED) is 0.755. The molecular weight excluding hydrogens is 402 g/mol. The third kappa shape index (κ3) is 4.89. The fourth-order valence-corrected chi connectivity index (χ4v) is 3.97. The normalized spacial score (nSPS) is 16.2. The van der Waals surface area contributed by atoms with E-state index >= 15 is 0 Å². The maximum Gasteiger partial charge on any atom is 0.246 e. The highest BCUT2D eigenvalue weighted by Gasteiger charge is 2.31. The number of benzene rings is 2. The minimum atomic E-state index is -0.309. The molecule has 3 rings (SSSR count). The molecule has 156 valence electrons. The van der Waals surface area contributed by atoms with Gasteiger partial charge in [-0.15, -0.1) is 0 Å². The number of piperazine rings is 1. The summed E-state index contributed by atoms with van der Waals surface area (Å²) in [5, 5.41) is 3.31. The van der Waals surface area contributed by atoms with Crippen molar-refractivity contribution in [1.29, 1.82) is 0 Å². The van der Waals surface area contributed by atoms with Crippen LogP contribution in [0.1, 0.15) is 25.5 Å². The van der Waals surface area contributed by atoms with Gasteiger partial charge in [-0.3, -0.25) is 14.4 Å². The van der Waals surface area contributed by atoms with E-state index in [1.165, 1.54) is 19.9 Å². The van der Waals surface area contributed by atoms with Crippen molar-refractivity contribution < 1.29 is 14.4 Å². The molecule has 1 saturated heterocycles. The molecule has 1 fully saturated rings. The zero-order valence-corrected chi connectivity index (χ0v) is 17.8. The van der Waals surface area contributed by atoms with Crippen molar-refractivity contribution >= 4 is 35.0 Å². The van der Waals surface area contributed by atoms with Gasteiger partial charge in [0.15, 0.2) is 0 Å². The van der Waals surface area contributed by atoms with Crippen molar-refractivity contribution in [2.75, 3.05) is 25.0 Å². The summed E-state index contributed by atoms with van der Waals surface area (Å²) in [4.78, 5) is 39.2. The maximum absolute atomic E-state index is 12.2. The number of hydrogen-bond acceptors (Lipinski definition) is 3. The van der Waals surface area contributed by atoms with Crippen molar-refractivity contribution in [3.8, 4) is 11.1 Å². The summed E-state index contributed by atoms with van der Waals surface area (Å²) >= 11 is 6.43. The first kappa shape index (κ1) is 21.6. The molecule has 1 atom stereocenters. The van der Waals surface area contributed by atoms with Gasteiger partial charge in [-0.25, -0.2) is 0 Å². The van der Waals surface area contributed by atoms with Crippen LogP contribution in [-0.2, 0) is 14.4 Å². The van der Waals surface area contributed by atoms with Crippen LogP contribution in [0.3, 0.4) is 0 Å². The van der Waals surface area contributed by atoms with Gasteiger partial charge < -0.3 is 15.1 Å². The van der Waals surface area contributed by atoms with Crippen LogP contribution < -0.4 is 5.32 Å². The maximum atomic E-state index is 12.2. The predicted octanol–water partition coefficient (Wildman–Crippen LogP) is 3.88. The van der Waals surface area contributed by atoms with Gasteiger partial charge >= 0.3 is 0 Å². The van der Waals surface area contributed by atoms with E-state index in [1.54, 1.807) is 9.80 Å². The number of nitrogens with zero attached hydrogens (tertiary/aromatic N) is 2. The van der Waals surface area contributed by atoms with Crippen LogP contribution >= 0.6 is 11.6 Å². The van der Waals surface area contributed by atoms with E-state index in [-0.39, 0.29) is 23.8 Å². The molecule has 6 nitrogen and oxygen atoms in total. The fourth-order valence-electron chi connectivity index (χ4n) is 3.73. The molecule has 2 aromatic carbocycles. The van der Waals surface area contributed by atoms with Gasteiger partial charge in [0, 0.05) is 44.2 Å². The summed E-state index contributed by atoms with van der Waals surface area (Å²) in [6.45, 7) is 7.83. The minimum Gasteiger partial charge on any atom is -0.335 e. The van der Waals surface area contributed by atoms with E-state index in [9.17, 15) is 14.4 Å². The monoisotopic (exact) mass is 425 g/mol. The molecule has 1 aliphatic heterocycles. The first-order chi connectivity index (χ1) is 14.3. The summed E-state index contributed by atoms with van der Waals surface area (Å²) in [5.41, 5.74) is 3.28. The molecule has 0 bridgehead atoms. The van der Waals surface area contributed by atoms with Crippen LogP contribution in [0, 0.1) is 0 Å². The topological polar surface area (TPSA) is 69.7 Å². The summed E-state index contributed by atoms with van der Waals surface area (Å²) in [7, 11) is 0. The van der Waals surface area contributed by atoms with Crippen LogP contribution in [-0.4, -0.2) is 47.2 Å². The lowest BCUT2D eigenvalue weighted by molar-refractivity contribution is -0.139. The summed E-state index contributed by atoms with van der Waals surface area (Å²) < 4.78 is 0. The predicted molar refractivity (Wildman–Crippen MR) is 118 cm³/mol. The van der Waals surface area contributed by atoms with Gasteiger partial charge in [0.25, 0.3) is 0 Å². The highest BCUT2D eigenvalue weighted by molar-refractivity contribution is 6.31. The first-order valence-corrected chi connectivity index (χ1v) is 10.0. The van der Waals surface area contributed by atoms with Crippen LogP contribution in [0.15, 0.2) is 55.1 Å². The van der Waals surface area contributed by atoms with Crippen molar-refractivity contribution in [2.24, 2.45) is 0 Å². The molecule has 1 heterocycles. The SMILES string of the molecule is C=CC(=O)N1CCN(C(C)=O)[C@H](c2cc(Cl)cc(-c3cccc(NC(C)=O)c3)c2)C1. The standard InChI is InChI=1S/C23H24ClN3O3/c1-4-23(30)26-8-9-27(16(3)29)22(14-26)19-10-18(11-20(24)12-19)17-6-5-7-21(13-17)25-15(2)28/h4-7,10-13,22H,1,8-9,14H2,2-3H3,(H,25,28)/t22-/m0/s1. The van der Waals surface area contributed by atoms with Crippen LogP contribution in [0.4, 0.5) is 5.69 Å². The van der Waals surface area contributed by atoms with Gasteiger partial charge in [0.1, 0.15) is 0 Å². The van der Waals surface area contributed by atoms with Crippen LogP contribution in [0.25, 0.3) is 11.1 Å². The van der Waals surface area contributed by atoms with Crippen molar-refractivity contribution in [2.45, 2.75) is 19.9 Å². The lowest BCUT2D eigenvalue weighted by Gasteiger charge is -2.41. The van der Waals surface area contributed by atoms with E-state index in [4.69, 9.17) is 11.6 Å². The Kier molecular flexibility index (Phi) is 6.57. The summed E-state index contributed by atoms with van der Waals surface area (Å²) in [6.07, 6.45) is 1.29. The number of rotatable bonds is 4. The molecule has 0 aromatic heterocycles. The molecule has 2 aromatic rings. The van der Waals surface area contributed by atoms with Crippen molar-refractivity contribution in [3.63, 3.8) is 0 Å². The number of halogens is 1. The second-order valence-electron chi connectivity index (χ2n) is 7.25. The fraction of sp³-hybridized carbons (Fsp3) is 0.261. The Morgan fingerprint density at radius 1 is 1.10 bits per heavy atom. The molecule has 30 heavy (non-hydrogen) atoms. The highest BCUT2D eigenvalue weighted by Crippen LogP contribution is 2.33. The molecule has 0 aliphatic carbocycles. The second kappa shape index (κ2) is 9.13. The zero-order chi connectivity index (χ0) is 21.8. The molecule has 7 heteroatoms. The minimum absolute atomic E-state index is 0.0557. The Morgan fingerprint density at radius 2 is 1.87 bits per heavy atom. The van der Waals surface area contributed by atoms with E-state index in [1.807, 2.05) is 42.5 Å². The molecule has 1 N–H and O–H groups in total. The average molecular weight is 426 g/mol. The largest absolute Gasteiger partial charge is 0.335 e.